The molecule has 3 aromatic rings. The highest BCUT2D eigenvalue weighted by Crippen LogP contribution is 2.24. The molecule has 0 atom stereocenters. The van der Waals surface area contributed by atoms with E-state index in [4.69, 9.17) is 11.6 Å². The zero-order valence-electron chi connectivity index (χ0n) is 20.6. The summed E-state index contributed by atoms with van der Waals surface area (Å²) < 4.78 is 28.1. The van der Waals surface area contributed by atoms with Gasteiger partial charge in [0.05, 0.1) is 44.7 Å². The van der Waals surface area contributed by atoms with Gasteiger partial charge in [0.25, 0.3) is 0 Å². The maximum Gasteiger partial charge on any atom is 0.243 e. The Kier molecular flexibility index (Phi) is 8.31. The second-order valence-corrected chi connectivity index (χ2v) is 11.6. The number of carbonyl (C=O) groups excluding carboxylic acids is 1. The number of benzene rings is 3. The van der Waals surface area contributed by atoms with E-state index in [0.717, 1.165) is 43.0 Å². The summed E-state index contributed by atoms with van der Waals surface area (Å²) in [6.45, 7) is 5.88. The average Bonchev–Trinajstić information content (AvgIpc) is 2.86. The van der Waals surface area contributed by atoms with E-state index in [2.05, 4.69) is 23.3 Å². The zero-order valence-corrected chi connectivity index (χ0v) is 22.1. The predicted molar refractivity (Wildman–Crippen MR) is 144 cm³/mol. The number of sulfonamides is 1. The Bertz CT molecular complexity index is 1290. The Balaban J connectivity index is 1.51. The van der Waals surface area contributed by atoms with Crippen LogP contribution in [0.15, 0.2) is 77.7 Å². The molecule has 0 aliphatic carbocycles. The van der Waals surface area contributed by atoms with Crippen LogP contribution in [-0.4, -0.2) is 58.4 Å². The van der Waals surface area contributed by atoms with Crippen LogP contribution in [0.4, 0.5) is 11.4 Å². The Morgan fingerprint density at radius 1 is 1.03 bits per heavy atom. The molecule has 7 nitrogen and oxygen atoms in total. The van der Waals surface area contributed by atoms with Crippen molar-refractivity contribution in [1.82, 2.24) is 4.31 Å². The summed E-state index contributed by atoms with van der Waals surface area (Å²) in [4.78, 5) is 17.0. The number of nitrogens with zero attached hydrogens (tertiary/aromatic N) is 2. The Morgan fingerprint density at radius 2 is 1.69 bits per heavy atom. The van der Waals surface area contributed by atoms with Gasteiger partial charge in [-0.25, -0.2) is 8.42 Å². The minimum atomic E-state index is -3.93. The van der Waals surface area contributed by atoms with Gasteiger partial charge >= 0.3 is 0 Å². The Labute approximate surface area is 218 Å². The predicted octanol–water partition coefficient (Wildman–Crippen LogP) is 2.81. The summed E-state index contributed by atoms with van der Waals surface area (Å²) in [6, 6.07) is 21.2. The highest BCUT2D eigenvalue weighted by molar-refractivity contribution is 7.89. The molecule has 0 spiro atoms. The molecule has 1 saturated heterocycles. The van der Waals surface area contributed by atoms with Gasteiger partial charge in [0.1, 0.15) is 0 Å². The topological polar surface area (TPSA) is 74.2 Å². The van der Waals surface area contributed by atoms with Gasteiger partial charge in [-0.15, -0.1) is 0 Å². The molecule has 4 rings (SSSR count). The number of rotatable bonds is 8. The largest absolute Gasteiger partial charge is 0.360 e. The van der Waals surface area contributed by atoms with E-state index in [1.807, 2.05) is 49.4 Å². The van der Waals surface area contributed by atoms with E-state index in [1.165, 1.54) is 33.5 Å². The molecule has 9 heteroatoms. The number of anilines is 2. The maximum absolute atomic E-state index is 13.4. The quantitative estimate of drug-likeness (QED) is 0.472. The number of hydrogen-bond acceptors (Lipinski definition) is 4. The zero-order chi connectivity index (χ0) is 25.7. The SMILES string of the molecule is Cc1cc(N2CC[NH+](C)CC2)ccc1NC(=O)CN(Cc1ccccc1)S(=O)(=O)c1ccc(Cl)cc1. The number of hydrogen-bond donors (Lipinski definition) is 2. The van der Waals surface area contributed by atoms with Gasteiger partial charge in [0, 0.05) is 22.9 Å². The van der Waals surface area contributed by atoms with E-state index in [-0.39, 0.29) is 18.0 Å². The summed E-state index contributed by atoms with van der Waals surface area (Å²) >= 11 is 5.95. The number of likely N-dealkylation sites (N-methyl/N-ethyl adjacent to an activating group) is 1. The first-order valence-electron chi connectivity index (χ1n) is 12.0. The molecule has 3 aromatic carbocycles. The van der Waals surface area contributed by atoms with E-state index in [0.29, 0.717) is 10.7 Å². The number of carbonyl (C=O) groups is 1. The van der Waals surface area contributed by atoms with Crippen LogP contribution in [0.1, 0.15) is 11.1 Å². The number of halogens is 1. The lowest BCUT2D eigenvalue weighted by atomic mass is 10.1. The Hall–Kier alpha value is -2.91. The van der Waals surface area contributed by atoms with Gasteiger partial charge < -0.3 is 15.1 Å². The van der Waals surface area contributed by atoms with Crippen molar-refractivity contribution >= 4 is 38.9 Å². The fraction of sp³-hybridized carbons (Fsp3) is 0.296. The highest BCUT2D eigenvalue weighted by Gasteiger charge is 2.27. The van der Waals surface area contributed by atoms with Crippen LogP contribution in [0, 0.1) is 6.92 Å². The van der Waals surface area contributed by atoms with Crippen molar-refractivity contribution in [2.75, 3.05) is 50.0 Å². The molecule has 0 saturated carbocycles. The lowest BCUT2D eigenvalue weighted by molar-refractivity contribution is -0.880. The first-order chi connectivity index (χ1) is 17.2. The van der Waals surface area contributed by atoms with Crippen LogP contribution < -0.4 is 15.1 Å². The molecular formula is C27H32ClN4O3S+. The van der Waals surface area contributed by atoms with Gasteiger partial charge in [-0.3, -0.25) is 4.79 Å². The smallest absolute Gasteiger partial charge is 0.243 e. The summed E-state index contributed by atoms with van der Waals surface area (Å²) in [5, 5.41) is 3.35. The van der Waals surface area contributed by atoms with Crippen molar-refractivity contribution in [3.05, 3.63) is 88.9 Å². The summed E-state index contributed by atoms with van der Waals surface area (Å²) in [6.07, 6.45) is 0. The molecule has 190 valence electrons. The van der Waals surface area contributed by atoms with Crippen molar-refractivity contribution in [2.24, 2.45) is 0 Å². The molecular weight excluding hydrogens is 496 g/mol. The van der Waals surface area contributed by atoms with Gasteiger partial charge in [-0.1, -0.05) is 41.9 Å². The summed E-state index contributed by atoms with van der Waals surface area (Å²) in [5.74, 6) is -0.400. The number of quaternary nitrogens is 1. The van der Waals surface area contributed by atoms with Gasteiger partial charge in [0.2, 0.25) is 15.9 Å². The summed E-state index contributed by atoms with van der Waals surface area (Å²) in [5.41, 5.74) is 3.53. The minimum absolute atomic E-state index is 0.0720. The average molecular weight is 528 g/mol. The van der Waals surface area contributed by atoms with Crippen molar-refractivity contribution in [1.29, 1.82) is 0 Å². The maximum atomic E-state index is 13.4. The number of piperazine rings is 1. The normalized spacial score (nSPS) is 14.7. The van der Waals surface area contributed by atoms with Crippen LogP contribution >= 0.6 is 11.6 Å². The summed E-state index contributed by atoms with van der Waals surface area (Å²) in [7, 11) is -1.73. The molecule has 1 fully saturated rings. The lowest BCUT2D eigenvalue weighted by Gasteiger charge is -2.32. The van der Waals surface area contributed by atoms with Crippen LogP contribution in [0.5, 0.6) is 0 Å². The van der Waals surface area contributed by atoms with E-state index in [1.54, 1.807) is 0 Å². The molecule has 0 bridgehead atoms. The molecule has 1 aliphatic heterocycles. The minimum Gasteiger partial charge on any atom is -0.360 e. The van der Waals surface area contributed by atoms with Crippen molar-refractivity contribution in [2.45, 2.75) is 18.4 Å². The fourth-order valence-electron chi connectivity index (χ4n) is 4.25. The van der Waals surface area contributed by atoms with Crippen molar-refractivity contribution < 1.29 is 18.1 Å². The second-order valence-electron chi connectivity index (χ2n) is 9.20. The molecule has 1 amide bonds. The first-order valence-corrected chi connectivity index (χ1v) is 13.8. The third-order valence-electron chi connectivity index (χ3n) is 6.44. The van der Waals surface area contributed by atoms with Gasteiger partial charge in [-0.2, -0.15) is 4.31 Å². The van der Waals surface area contributed by atoms with Crippen molar-refractivity contribution in [3.8, 4) is 0 Å². The molecule has 0 aromatic heterocycles. The van der Waals surface area contributed by atoms with E-state index >= 15 is 0 Å². The molecule has 0 unspecified atom stereocenters. The van der Waals surface area contributed by atoms with Crippen LogP contribution in [0.3, 0.4) is 0 Å². The molecule has 0 radical (unpaired) electrons. The third kappa shape index (κ3) is 6.44. The fourth-order valence-corrected chi connectivity index (χ4v) is 5.76. The van der Waals surface area contributed by atoms with E-state index in [9.17, 15) is 13.2 Å². The molecule has 2 N–H and O–H groups in total. The van der Waals surface area contributed by atoms with Gasteiger partial charge in [0.15, 0.2) is 0 Å². The third-order valence-corrected chi connectivity index (χ3v) is 8.50. The van der Waals surface area contributed by atoms with Gasteiger partial charge in [-0.05, 0) is 60.5 Å². The number of amides is 1. The monoisotopic (exact) mass is 527 g/mol. The highest BCUT2D eigenvalue weighted by atomic mass is 35.5. The standard InChI is InChI=1S/C27H31ClN4O3S/c1-21-18-24(31-16-14-30(2)15-17-31)10-13-26(21)29-27(33)20-32(19-22-6-4-3-5-7-22)36(34,35)25-11-8-23(28)9-12-25/h3-13,18H,14-17,19-20H2,1-2H3,(H,29,33)/p+1. The molecule has 36 heavy (non-hydrogen) atoms. The Morgan fingerprint density at radius 3 is 2.33 bits per heavy atom. The van der Waals surface area contributed by atoms with Crippen molar-refractivity contribution in [3.63, 3.8) is 0 Å². The van der Waals surface area contributed by atoms with Crippen LogP contribution in [0.2, 0.25) is 5.02 Å². The number of nitrogens with one attached hydrogen (secondary N) is 2. The van der Waals surface area contributed by atoms with E-state index < -0.39 is 15.9 Å². The first kappa shape index (κ1) is 26.2. The number of aryl methyl sites for hydroxylation is 1. The van der Waals surface area contributed by atoms with Crippen LogP contribution in [-0.2, 0) is 21.4 Å². The lowest BCUT2D eigenvalue weighted by Crippen LogP contribution is -3.12. The second kappa shape index (κ2) is 11.4. The molecule has 1 heterocycles. The molecule has 1 aliphatic rings. The van der Waals surface area contributed by atoms with Crippen LogP contribution in [0.25, 0.3) is 0 Å².